The van der Waals surface area contributed by atoms with Crippen molar-refractivity contribution in [3.8, 4) is 22.3 Å². The molecule has 1 heteroatoms. The quantitative estimate of drug-likeness (QED) is 0.175. The van der Waals surface area contributed by atoms with Crippen LogP contribution in [-0.2, 0) is 10.8 Å². The molecule has 1 nitrogen and oxygen atoms in total. The zero-order valence-electron chi connectivity index (χ0n) is 28.5. The van der Waals surface area contributed by atoms with Crippen LogP contribution in [0.1, 0.15) is 38.8 Å². The number of hydrogen-bond donors (Lipinski definition) is 0. The molecule has 0 saturated carbocycles. The summed E-state index contributed by atoms with van der Waals surface area (Å²) in [5, 5.41) is 7.60. The number of nitrogens with zero attached hydrogens (tertiary/aromatic N) is 1. The molecule has 236 valence electrons. The van der Waals surface area contributed by atoms with E-state index in [-0.39, 0.29) is 10.8 Å². The van der Waals surface area contributed by atoms with Crippen molar-refractivity contribution in [3.63, 3.8) is 0 Å². The first-order chi connectivity index (χ1) is 23.8. The van der Waals surface area contributed by atoms with E-state index in [0.717, 1.165) is 17.1 Å². The largest absolute Gasteiger partial charge is 0.310 e. The van der Waals surface area contributed by atoms with E-state index in [0.29, 0.717) is 0 Å². The van der Waals surface area contributed by atoms with Crippen molar-refractivity contribution in [1.82, 2.24) is 0 Å². The molecule has 8 aromatic carbocycles. The smallest absolute Gasteiger partial charge is 0.0468 e. The molecule has 0 spiro atoms. The third-order valence-corrected chi connectivity index (χ3v) is 11.6. The monoisotopic (exact) mass is 629 g/mol. The van der Waals surface area contributed by atoms with Crippen molar-refractivity contribution in [2.45, 2.75) is 38.5 Å². The van der Waals surface area contributed by atoms with Gasteiger partial charge in [0.05, 0.1) is 0 Å². The van der Waals surface area contributed by atoms with E-state index >= 15 is 0 Å². The number of anilines is 3. The van der Waals surface area contributed by atoms with Gasteiger partial charge in [-0.05, 0) is 113 Å². The molecule has 0 unspecified atom stereocenters. The summed E-state index contributed by atoms with van der Waals surface area (Å²) in [4.78, 5) is 2.40. The Morgan fingerprint density at radius 3 is 1.73 bits per heavy atom. The van der Waals surface area contributed by atoms with Crippen LogP contribution in [-0.4, -0.2) is 0 Å². The Kier molecular flexibility index (Phi) is 6.58. The Balaban J connectivity index is 1.26. The fraction of sp³-hybridized carbons (Fsp3) is 0.125. The fourth-order valence-electron chi connectivity index (χ4n) is 8.19. The summed E-state index contributed by atoms with van der Waals surface area (Å²) in [6.45, 7) is 9.63. The van der Waals surface area contributed by atoms with Crippen LogP contribution in [0.15, 0.2) is 164 Å². The van der Waals surface area contributed by atoms with Gasteiger partial charge in [0, 0.05) is 17.1 Å². The zero-order chi connectivity index (χ0) is 33.3. The highest BCUT2D eigenvalue weighted by molar-refractivity contribution is 6.14. The lowest BCUT2D eigenvalue weighted by Gasteiger charge is -2.48. The van der Waals surface area contributed by atoms with Crippen molar-refractivity contribution in [3.05, 3.63) is 175 Å². The van der Waals surface area contributed by atoms with Crippen LogP contribution in [0, 0.1) is 0 Å². The number of benzene rings is 8. The molecule has 0 amide bonds. The Labute approximate surface area is 289 Å². The van der Waals surface area contributed by atoms with Gasteiger partial charge in [0.25, 0.3) is 0 Å². The fourth-order valence-corrected chi connectivity index (χ4v) is 8.19. The molecule has 0 saturated heterocycles. The summed E-state index contributed by atoms with van der Waals surface area (Å²) in [5.74, 6) is 0. The summed E-state index contributed by atoms with van der Waals surface area (Å²) >= 11 is 0. The van der Waals surface area contributed by atoms with Crippen LogP contribution in [0.4, 0.5) is 17.1 Å². The van der Waals surface area contributed by atoms with Gasteiger partial charge in [-0.25, -0.2) is 0 Å². The standard InChI is InChI=1S/C48H39N/c1-47(2)44-17-11-10-16-42(44)46-41-27-22-35-21-26-39(31-43(35)40(41)28-29-45(46)48(47,3)4)49(38-25-20-33-14-8-9-15-36(33)30-38)37-23-18-34(19-24-37)32-12-6-5-7-13-32/h5-31H,1-4H3. The van der Waals surface area contributed by atoms with Crippen LogP contribution in [0.5, 0.6) is 0 Å². The Hall–Kier alpha value is -5.66. The number of hydrogen-bond acceptors (Lipinski definition) is 1. The maximum absolute atomic E-state index is 2.41. The first-order valence-corrected chi connectivity index (χ1v) is 17.4. The highest BCUT2D eigenvalue weighted by atomic mass is 15.1. The molecular weight excluding hydrogens is 591 g/mol. The topological polar surface area (TPSA) is 3.24 Å². The van der Waals surface area contributed by atoms with Crippen molar-refractivity contribution in [1.29, 1.82) is 0 Å². The van der Waals surface area contributed by atoms with E-state index in [1.807, 2.05) is 0 Å². The lowest BCUT2D eigenvalue weighted by atomic mass is 9.55. The average Bonchev–Trinajstić information content (AvgIpc) is 3.14. The summed E-state index contributed by atoms with van der Waals surface area (Å²) in [6.07, 6.45) is 0. The van der Waals surface area contributed by atoms with Gasteiger partial charge in [-0.2, -0.15) is 0 Å². The molecule has 0 aromatic heterocycles. The van der Waals surface area contributed by atoms with Gasteiger partial charge in [-0.15, -0.1) is 0 Å². The highest BCUT2D eigenvalue weighted by Gasteiger charge is 2.46. The number of rotatable bonds is 4. The molecular formula is C48H39N. The summed E-state index contributed by atoms with van der Waals surface area (Å²) in [5.41, 5.74) is 11.4. The van der Waals surface area contributed by atoms with E-state index in [1.54, 1.807) is 0 Å². The molecule has 0 heterocycles. The first-order valence-electron chi connectivity index (χ1n) is 17.4. The van der Waals surface area contributed by atoms with Crippen LogP contribution in [0.2, 0.25) is 0 Å². The lowest BCUT2D eigenvalue weighted by molar-refractivity contribution is 0.299. The maximum atomic E-state index is 2.41. The lowest BCUT2D eigenvalue weighted by Crippen LogP contribution is -2.43. The van der Waals surface area contributed by atoms with Gasteiger partial charge >= 0.3 is 0 Å². The van der Waals surface area contributed by atoms with E-state index in [9.17, 15) is 0 Å². The maximum Gasteiger partial charge on any atom is 0.0468 e. The van der Waals surface area contributed by atoms with E-state index in [4.69, 9.17) is 0 Å². The molecule has 0 fully saturated rings. The second-order valence-corrected chi connectivity index (χ2v) is 14.6. The van der Waals surface area contributed by atoms with E-state index in [1.165, 1.54) is 65.7 Å². The summed E-state index contributed by atoms with van der Waals surface area (Å²) in [6, 6.07) is 60.4. The van der Waals surface area contributed by atoms with E-state index in [2.05, 4.69) is 196 Å². The molecule has 0 N–H and O–H groups in total. The first kappa shape index (κ1) is 29.5. The van der Waals surface area contributed by atoms with Crippen molar-refractivity contribution < 1.29 is 0 Å². The molecule has 1 aliphatic carbocycles. The highest BCUT2D eigenvalue weighted by Crippen LogP contribution is 2.55. The minimum absolute atomic E-state index is 0.00467. The van der Waals surface area contributed by atoms with Crippen LogP contribution < -0.4 is 4.90 Å². The third kappa shape index (κ3) is 4.53. The minimum atomic E-state index is -0.0273. The molecule has 0 bridgehead atoms. The van der Waals surface area contributed by atoms with Crippen molar-refractivity contribution in [2.24, 2.45) is 0 Å². The predicted octanol–water partition coefficient (Wildman–Crippen LogP) is 13.5. The minimum Gasteiger partial charge on any atom is -0.310 e. The van der Waals surface area contributed by atoms with Gasteiger partial charge in [0.1, 0.15) is 0 Å². The Morgan fingerprint density at radius 1 is 0.367 bits per heavy atom. The van der Waals surface area contributed by atoms with Gasteiger partial charge in [-0.1, -0.05) is 155 Å². The third-order valence-electron chi connectivity index (χ3n) is 11.6. The normalized spacial score (nSPS) is 14.4. The van der Waals surface area contributed by atoms with Gasteiger partial charge in [0.15, 0.2) is 0 Å². The second kappa shape index (κ2) is 10.9. The molecule has 0 radical (unpaired) electrons. The van der Waals surface area contributed by atoms with Crippen LogP contribution >= 0.6 is 0 Å². The summed E-state index contributed by atoms with van der Waals surface area (Å²) in [7, 11) is 0. The molecule has 0 aliphatic heterocycles. The second-order valence-electron chi connectivity index (χ2n) is 14.6. The van der Waals surface area contributed by atoms with Crippen LogP contribution in [0.3, 0.4) is 0 Å². The van der Waals surface area contributed by atoms with Crippen LogP contribution in [0.25, 0.3) is 54.6 Å². The zero-order valence-corrected chi connectivity index (χ0v) is 28.5. The Morgan fingerprint density at radius 2 is 0.939 bits per heavy atom. The predicted molar refractivity (Wildman–Crippen MR) is 211 cm³/mol. The van der Waals surface area contributed by atoms with Crippen molar-refractivity contribution in [2.75, 3.05) is 4.90 Å². The molecule has 0 atom stereocenters. The summed E-state index contributed by atoms with van der Waals surface area (Å²) < 4.78 is 0. The van der Waals surface area contributed by atoms with Gasteiger partial charge < -0.3 is 4.90 Å². The molecule has 49 heavy (non-hydrogen) atoms. The van der Waals surface area contributed by atoms with Crippen molar-refractivity contribution >= 4 is 49.4 Å². The number of fused-ring (bicyclic) bond motifs is 8. The Bertz CT molecular complexity index is 2540. The SMILES string of the molecule is CC1(C)c2ccccc2-c2c(ccc3c2ccc2ccc(N(c4ccc(-c5ccccc5)cc4)c4ccc5ccccc5c4)cc23)C1(C)C. The average molecular weight is 630 g/mol. The molecule has 8 aromatic rings. The van der Waals surface area contributed by atoms with E-state index < -0.39 is 0 Å². The molecule has 1 aliphatic rings. The molecule has 9 rings (SSSR count). The van der Waals surface area contributed by atoms with Gasteiger partial charge in [0.2, 0.25) is 0 Å². The van der Waals surface area contributed by atoms with Gasteiger partial charge in [-0.3, -0.25) is 0 Å².